The first-order valence-electron chi connectivity index (χ1n) is 8.14. The smallest absolute Gasteiger partial charge is 0.324 e. The fourth-order valence-electron chi connectivity index (χ4n) is 2.89. The normalized spacial score (nSPS) is 18.3. The van der Waals surface area contributed by atoms with Gasteiger partial charge < -0.3 is 10.4 Å². The summed E-state index contributed by atoms with van der Waals surface area (Å²) in [4.78, 5) is 25.5. The third kappa shape index (κ3) is 4.03. The van der Waals surface area contributed by atoms with Gasteiger partial charge in [0, 0.05) is 0 Å². The monoisotopic (exact) mass is 342 g/mol. The molecule has 0 spiro atoms. The van der Waals surface area contributed by atoms with Gasteiger partial charge in [-0.2, -0.15) is 0 Å². The van der Waals surface area contributed by atoms with Gasteiger partial charge in [-0.15, -0.1) is 0 Å². The van der Waals surface area contributed by atoms with Gasteiger partial charge in [0.15, 0.2) is 0 Å². The number of rotatable bonds is 6. The molecule has 1 heterocycles. The fraction of sp³-hybridized carbons (Fsp3) is 0.263. The number of carbonyl (C=O) groups is 2. The molecule has 0 bridgehead atoms. The Hall–Kier alpha value is -2.73. The van der Waals surface area contributed by atoms with Crippen molar-refractivity contribution >= 4 is 11.9 Å². The largest absolute Gasteiger partial charge is 0.387 e. The van der Waals surface area contributed by atoms with Crippen molar-refractivity contribution in [2.75, 3.05) is 6.54 Å². The zero-order valence-electron chi connectivity index (χ0n) is 13.6. The molecule has 3 rings (SSSR count). The van der Waals surface area contributed by atoms with Crippen molar-refractivity contribution in [3.63, 3.8) is 0 Å². The lowest BCUT2D eigenvalue weighted by molar-refractivity contribution is -0.128. The van der Waals surface area contributed by atoms with E-state index in [1.807, 2.05) is 30.3 Å². The van der Waals surface area contributed by atoms with Gasteiger partial charge in [0.05, 0.1) is 12.6 Å². The third-order valence-corrected chi connectivity index (χ3v) is 4.26. The molecule has 130 valence electrons. The lowest BCUT2D eigenvalue weighted by atomic mass is 10.0. The van der Waals surface area contributed by atoms with E-state index in [1.165, 1.54) is 18.2 Å². The topological polar surface area (TPSA) is 69.6 Å². The van der Waals surface area contributed by atoms with Gasteiger partial charge in [0.1, 0.15) is 11.9 Å². The number of hydrogen-bond acceptors (Lipinski definition) is 3. The van der Waals surface area contributed by atoms with Crippen LogP contribution in [-0.2, 0) is 11.2 Å². The Labute approximate surface area is 145 Å². The second-order valence-electron chi connectivity index (χ2n) is 6.05. The predicted molar refractivity (Wildman–Crippen MR) is 90.2 cm³/mol. The average molecular weight is 342 g/mol. The maximum absolute atomic E-state index is 13.2. The molecule has 0 radical (unpaired) electrons. The first-order chi connectivity index (χ1) is 12.0. The SMILES string of the molecule is O=C1N[C@@H](CCc2ccccc2)C(=O)N1C[C@H](O)c1cccc(F)c1. The van der Waals surface area contributed by atoms with Gasteiger partial charge in [-0.3, -0.25) is 9.69 Å². The number of benzene rings is 2. The summed E-state index contributed by atoms with van der Waals surface area (Å²) < 4.78 is 13.2. The standard InChI is InChI=1S/C19H19FN2O3/c20-15-8-4-7-14(11-15)17(23)12-22-18(24)16(21-19(22)25)10-9-13-5-2-1-3-6-13/h1-8,11,16-17,23H,9-10,12H2,(H,21,25)/t16-,17-/m0/s1. The molecule has 0 unspecified atom stereocenters. The lowest BCUT2D eigenvalue weighted by Crippen LogP contribution is -2.35. The summed E-state index contributed by atoms with van der Waals surface area (Å²) >= 11 is 0. The molecule has 6 heteroatoms. The molecule has 2 aromatic carbocycles. The van der Waals surface area contributed by atoms with Gasteiger partial charge in [-0.1, -0.05) is 42.5 Å². The summed E-state index contributed by atoms with van der Waals surface area (Å²) in [6.07, 6.45) is 0.0252. The van der Waals surface area contributed by atoms with Crippen LogP contribution in [0.25, 0.3) is 0 Å². The second-order valence-corrected chi connectivity index (χ2v) is 6.05. The van der Waals surface area contributed by atoms with Gasteiger partial charge in [0.2, 0.25) is 0 Å². The Kier molecular flexibility index (Phi) is 5.09. The molecular formula is C19H19FN2O3. The highest BCUT2D eigenvalue weighted by Gasteiger charge is 2.38. The molecule has 25 heavy (non-hydrogen) atoms. The summed E-state index contributed by atoms with van der Waals surface area (Å²) in [6.45, 7) is -0.198. The first kappa shape index (κ1) is 17.1. The quantitative estimate of drug-likeness (QED) is 0.792. The molecule has 2 N–H and O–H groups in total. The van der Waals surface area contributed by atoms with E-state index in [0.717, 1.165) is 10.5 Å². The van der Waals surface area contributed by atoms with Crippen LogP contribution in [-0.4, -0.2) is 34.5 Å². The minimum absolute atomic E-state index is 0.198. The van der Waals surface area contributed by atoms with Crippen molar-refractivity contribution in [1.29, 1.82) is 0 Å². The Balaban J connectivity index is 1.61. The summed E-state index contributed by atoms with van der Waals surface area (Å²) in [5.41, 5.74) is 1.41. The van der Waals surface area contributed by atoms with Crippen molar-refractivity contribution in [3.8, 4) is 0 Å². The van der Waals surface area contributed by atoms with E-state index in [4.69, 9.17) is 0 Å². The molecule has 0 saturated carbocycles. The van der Waals surface area contributed by atoms with Crippen LogP contribution in [0, 0.1) is 5.82 Å². The Morgan fingerprint density at radius 3 is 2.60 bits per heavy atom. The van der Waals surface area contributed by atoms with Crippen LogP contribution in [0.2, 0.25) is 0 Å². The van der Waals surface area contributed by atoms with E-state index in [-0.39, 0.29) is 12.5 Å². The number of urea groups is 1. The number of aliphatic hydroxyl groups excluding tert-OH is 1. The number of aryl methyl sites for hydroxylation is 1. The van der Waals surface area contributed by atoms with Crippen LogP contribution in [0.1, 0.15) is 23.7 Å². The highest BCUT2D eigenvalue weighted by Crippen LogP contribution is 2.19. The zero-order valence-corrected chi connectivity index (χ0v) is 13.6. The summed E-state index contributed by atoms with van der Waals surface area (Å²) in [6, 6.07) is 14.0. The Morgan fingerprint density at radius 1 is 1.12 bits per heavy atom. The van der Waals surface area contributed by atoms with Crippen LogP contribution >= 0.6 is 0 Å². The van der Waals surface area contributed by atoms with Crippen molar-refractivity contribution < 1.29 is 19.1 Å². The minimum Gasteiger partial charge on any atom is -0.387 e. The van der Waals surface area contributed by atoms with Crippen molar-refractivity contribution in [2.24, 2.45) is 0 Å². The number of halogens is 1. The molecule has 2 atom stereocenters. The molecule has 1 saturated heterocycles. The molecule has 0 aromatic heterocycles. The summed E-state index contributed by atoms with van der Waals surface area (Å²) in [5.74, 6) is -0.842. The van der Waals surface area contributed by atoms with E-state index in [1.54, 1.807) is 6.07 Å². The van der Waals surface area contributed by atoms with Crippen LogP contribution < -0.4 is 5.32 Å². The number of nitrogens with zero attached hydrogens (tertiary/aromatic N) is 1. The molecule has 3 amide bonds. The van der Waals surface area contributed by atoms with Crippen molar-refractivity contribution in [1.82, 2.24) is 10.2 Å². The van der Waals surface area contributed by atoms with E-state index < -0.39 is 24.0 Å². The molecule has 1 aliphatic heterocycles. The number of imide groups is 1. The number of nitrogens with one attached hydrogen (secondary N) is 1. The Morgan fingerprint density at radius 2 is 1.88 bits per heavy atom. The van der Waals surface area contributed by atoms with Gasteiger partial charge in [-0.25, -0.2) is 9.18 Å². The predicted octanol–water partition coefficient (Wildman–Crippen LogP) is 2.41. The van der Waals surface area contributed by atoms with Crippen LogP contribution in [0.15, 0.2) is 54.6 Å². The molecule has 1 aliphatic rings. The van der Waals surface area contributed by atoms with Gasteiger partial charge >= 0.3 is 6.03 Å². The minimum atomic E-state index is -1.13. The number of β-amino-alcohol motifs (C(OH)–C–C–N with tert-alkyl or cyclic N) is 1. The van der Waals surface area contributed by atoms with E-state index in [0.29, 0.717) is 18.4 Å². The third-order valence-electron chi connectivity index (χ3n) is 4.26. The maximum atomic E-state index is 13.2. The number of hydrogen-bond donors (Lipinski definition) is 2. The van der Waals surface area contributed by atoms with Crippen molar-refractivity contribution in [3.05, 3.63) is 71.5 Å². The summed E-state index contributed by atoms with van der Waals surface area (Å²) in [7, 11) is 0. The van der Waals surface area contributed by atoms with Gasteiger partial charge in [-0.05, 0) is 36.1 Å². The van der Waals surface area contributed by atoms with Crippen LogP contribution in [0.4, 0.5) is 9.18 Å². The van der Waals surface area contributed by atoms with E-state index >= 15 is 0 Å². The van der Waals surface area contributed by atoms with E-state index in [9.17, 15) is 19.1 Å². The number of carbonyl (C=O) groups excluding carboxylic acids is 2. The molecule has 1 fully saturated rings. The number of aliphatic hydroxyl groups is 1. The highest BCUT2D eigenvalue weighted by atomic mass is 19.1. The van der Waals surface area contributed by atoms with E-state index in [2.05, 4.69) is 5.32 Å². The first-order valence-corrected chi connectivity index (χ1v) is 8.14. The van der Waals surface area contributed by atoms with Crippen LogP contribution in [0.5, 0.6) is 0 Å². The van der Waals surface area contributed by atoms with Gasteiger partial charge in [0.25, 0.3) is 5.91 Å². The van der Waals surface area contributed by atoms with Crippen LogP contribution in [0.3, 0.4) is 0 Å². The molecular weight excluding hydrogens is 323 g/mol. The zero-order chi connectivity index (χ0) is 17.8. The molecule has 0 aliphatic carbocycles. The second kappa shape index (κ2) is 7.44. The fourth-order valence-corrected chi connectivity index (χ4v) is 2.89. The highest BCUT2D eigenvalue weighted by molar-refractivity contribution is 6.04. The lowest BCUT2D eigenvalue weighted by Gasteiger charge is -2.18. The Bertz CT molecular complexity index is 766. The molecule has 2 aromatic rings. The maximum Gasteiger partial charge on any atom is 0.324 e. The number of amides is 3. The van der Waals surface area contributed by atoms with Crippen molar-refractivity contribution in [2.45, 2.75) is 25.0 Å². The summed E-state index contributed by atoms with van der Waals surface area (Å²) in [5, 5.41) is 12.8. The average Bonchev–Trinajstić information content (AvgIpc) is 2.88. The molecule has 5 nitrogen and oxygen atoms in total.